The van der Waals surface area contributed by atoms with Gasteiger partial charge in [-0.2, -0.15) is 10.2 Å². The third-order valence-electron chi connectivity index (χ3n) is 4.35. The lowest BCUT2D eigenvalue weighted by Gasteiger charge is -2.34. The minimum absolute atomic E-state index is 0.0695. The molecule has 1 amide bonds. The first-order valence-electron chi connectivity index (χ1n) is 8.08. The number of piperazine rings is 1. The lowest BCUT2D eigenvalue weighted by Crippen LogP contribution is -2.49. The van der Waals surface area contributed by atoms with Gasteiger partial charge in [0.25, 0.3) is 5.91 Å². The lowest BCUT2D eigenvalue weighted by molar-refractivity contribution is 0.0637. The Kier molecular flexibility index (Phi) is 4.98. The van der Waals surface area contributed by atoms with Crippen LogP contribution in [0.4, 0.5) is 0 Å². The second kappa shape index (κ2) is 7.33. The van der Waals surface area contributed by atoms with E-state index in [9.17, 15) is 4.79 Å². The molecule has 0 unspecified atom stereocenters. The van der Waals surface area contributed by atoms with E-state index in [1.165, 1.54) is 5.56 Å². The van der Waals surface area contributed by atoms with Gasteiger partial charge in [-0.25, -0.2) is 0 Å². The van der Waals surface area contributed by atoms with E-state index in [2.05, 4.69) is 39.4 Å². The molecule has 0 atom stereocenters. The van der Waals surface area contributed by atoms with Gasteiger partial charge in [0.15, 0.2) is 0 Å². The van der Waals surface area contributed by atoms with Crippen LogP contribution in [0, 0.1) is 6.92 Å². The van der Waals surface area contributed by atoms with Gasteiger partial charge in [0.2, 0.25) is 0 Å². The number of rotatable bonds is 4. The second-order valence-corrected chi connectivity index (χ2v) is 5.90. The van der Waals surface area contributed by atoms with E-state index in [0.717, 1.165) is 39.1 Å². The summed E-state index contributed by atoms with van der Waals surface area (Å²) in [4.78, 5) is 16.9. The quantitative estimate of drug-likeness (QED) is 0.864. The molecule has 1 aliphatic heterocycles. The summed E-state index contributed by atoms with van der Waals surface area (Å²) in [7, 11) is 0. The van der Waals surface area contributed by atoms with E-state index in [0.29, 0.717) is 11.3 Å². The first-order valence-corrected chi connectivity index (χ1v) is 8.08. The number of carbonyl (C=O) groups is 1. The van der Waals surface area contributed by atoms with E-state index in [1.54, 1.807) is 12.3 Å². The number of nitrogens with zero attached hydrogens (tertiary/aromatic N) is 4. The van der Waals surface area contributed by atoms with Crippen LogP contribution in [-0.4, -0.2) is 58.6 Å². The van der Waals surface area contributed by atoms with Crippen molar-refractivity contribution in [3.05, 3.63) is 59.4 Å². The monoisotopic (exact) mass is 310 g/mol. The number of hydrogen-bond donors (Lipinski definition) is 0. The summed E-state index contributed by atoms with van der Waals surface area (Å²) < 4.78 is 0. The van der Waals surface area contributed by atoms with Gasteiger partial charge in [-0.3, -0.25) is 9.69 Å². The maximum Gasteiger partial charge on any atom is 0.255 e. The molecule has 23 heavy (non-hydrogen) atoms. The van der Waals surface area contributed by atoms with E-state index < -0.39 is 0 Å². The fourth-order valence-corrected chi connectivity index (χ4v) is 2.91. The summed E-state index contributed by atoms with van der Waals surface area (Å²) in [6.45, 7) is 6.27. The van der Waals surface area contributed by atoms with Crippen molar-refractivity contribution >= 4 is 5.91 Å². The molecule has 2 heterocycles. The Labute approximate surface area is 136 Å². The fourth-order valence-electron chi connectivity index (χ4n) is 2.91. The van der Waals surface area contributed by atoms with Crippen LogP contribution in [0.15, 0.2) is 42.6 Å². The number of hydrogen-bond acceptors (Lipinski definition) is 4. The van der Waals surface area contributed by atoms with Crippen LogP contribution < -0.4 is 0 Å². The Balaban J connectivity index is 1.50. The van der Waals surface area contributed by atoms with Crippen molar-refractivity contribution in [3.63, 3.8) is 0 Å². The normalized spacial score (nSPS) is 15.6. The molecule has 0 saturated carbocycles. The zero-order chi connectivity index (χ0) is 16.1. The third-order valence-corrected chi connectivity index (χ3v) is 4.35. The molecule has 1 saturated heterocycles. The Hall–Kier alpha value is -2.27. The van der Waals surface area contributed by atoms with Gasteiger partial charge in [0, 0.05) is 32.7 Å². The largest absolute Gasteiger partial charge is 0.336 e. The molecule has 0 aliphatic carbocycles. The van der Waals surface area contributed by atoms with Crippen molar-refractivity contribution in [2.75, 3.05) is 32.7 Å². The van der Waals surface area contributed by atoms with Gasteiger partial charge in [-0.15, -0.1) is 0 Å². The highest BCUT2D eigenvalue weighted by Crippen LogP contribution is 2.11. The second-order valence-electron chi connectivity index (χ2n) is 5.90. The summed E-state index contributed by atoms with van der Waals surface area (Å²) in [6.07, 6.45) is 2.64. The molecule has 1 aromatic carbocycles. The molecule has 0 N–H and O–H groups in total. The maximum atomic E-state index is 12.5. The summed E-state index contributed by atoms with van der Waals surface area (Å²) in [6, 6.07) is 12.3. The SMILES string of the molecule is Cc1nnccc1C(=O)N1CCN(CCc2ccccc2)CC1. The Morgan fingerprint density at radius 3 is 2.52 bits per heavy atom. The van der Waals surface area contributed by atoms with Crippen molar-refractivity contribution in [3.8, 4) is 0 Å². The summed E-state index contributed by atoms with van der Waals surface area (Å²) >= 11 is 0. The van der Waals surface area contributed by atoms with Gasteiger partial charge in [-0.1, -0.05) is 30.3 Å². The zero-order valence-electron chi connectivity index (χ0n) is 13.5. The number of carbonyl (C=O) groups excluding carboxylic acids is 1. The molecular weight excluding hydrogens is 288 g/mol. The highest BCUT2D eigenvalue weighted by molar-refractivity contribution is 5.95. The predicted molar refractivity (Wildman–Crippen MR) is 89.3 cm³/mol. The van der Waals surface area contributed by atoms with Gasteiger partial charge < -0.3 is 4.90 Å². The molecule has 5 nitrogen and oxygen atoms in total. The molecule has 5 heteroatoms. The van der Waals surface area contributed by atoms with E-state index >= 15 is 0 Å². The number of aromatic nitrogens is 2. The smallest absolute Gasteiger partial charge is 0.255 e. The first kappa shape index (κ1) is 15.6. The predicted octanol–water partition coefficient (Wildman–Crippen LogP) is 1.79. The molecule has 1 aliphatic rings. The van der Waals surface area contributed by atoms with Gasteiger partial charge >= 0.3 is 0 Å². The molecule has 0 bridgehead atoms. The standard InChI is InChI=1S/C18H22N4O/c1-15-17(7-9-19-20-15)18(23)22-13-11-21(12-14-22)10-8-16-5-3-2-4-6-16/h2-7,9H,8,10-14H2,1H3. The molecule has 1 fully saturated rings. The zero-order valence-corrected chi connectivity index (χ0v) is 13.5. The summed E-state index contributed by atoms with van der Waals surface area (Å²) in [5.74, 6) is 0.0695. The van der Waals surface area contributed by atoms with E-state index in [-0.39, 0.29) is 5.91 Å². The molecule has 120 valence electrons. The first-order chi connectivity index (χ1) is 11.2. The molecule has 0 spiro atoms. The van der Waals surface area contributed by atoms with Gasteiger partial charge in [0.05, 0.1) is 17.5 Å². The average molecular weight is 310 g/mol. The van der Waals surface area contributed by atoms with Crippen LogP contribution in [0.5, 0.6) is 0 Å². The van der Waals surface area contributed by atoms with Gasteiger partial charge in [0.1, 0.15) is 0 Å². The van der Waals surface area contributed by atoms with Crippen molar-refractivity contribution in [1.82, 2.24) is 20.0 Å². The Bertz CT molecular complexity index is 651. The number of amides is 1. The Morgan fingerprint density at radius 1 is 1.09 bits per heavy atom. The van der Waals surface area contributed by atoms with Crippen LogP contribution in [0.25, 0.3) is 0 Å². The fraction of sp³-hybridized carbons (Fsp3) is 0.389. The maximum absolute atomic E-state index is 12.5. The molecule has 1 aromatic heterocycles. The number of benzene rings is 1. The minimum atomic E-state index is 0.0695. The molecule has 2 aromatic rings. The van der Waals surface area contributed by atoms with Crippen LogP contribution in [0.3, 0.4) is 0 Å². The topological polar surface area (TPSA) is 49.3 Å². The van der Waals surface area contributed by atoms with Gasteiger partial charge in [-0.05, 0) is 25.0 Å². The van der Waals surface area contributed by atoms with E-state index in [1.807, 2.05) is 17.9 Å². The highest BCUT2D eigenvalue weighted by atomic mass is 16.2. The molecular formula is C18H22N4O. The summed E-state index contributed by atoms with van der Waals surface area (Å²) in [5.41, 5.74) is 2.73. The van der Waals surface area contributed by atoms with Crippen LogP contribution >= 0.6 is 0 Å². The number of aryl methyl sites for hydroxylation is 1. The highest BCUT2D eigenvalue weighted by Gasteiger charge is 2.23. The van der Waals surface area contributed by atoms with Crippen molar-refractivity contribution in [2.45, 2.75) is 13.3 Å². The molecule has 0 radical (unpaired) electrons. The molecule has 3 rings (SSSR count). The van der Waals surface area contributed by atoms with Crippen molar-refractivity contribution in [2.24, 2.45) is 0 Å². The third kappa shape index (κ3) is 3.93. The Morgan fingerprint density at radius 2 is 1.83 bits per heavy atom. The van der Waals surface area contributed by atoms with Crippen molar-refractivity contribution < 1.29 is 4.79 Å². The van der Waals surface area contributed by atoms with Crippen molar-refractivity contribution in [1.29, 1.82) is 0 Å². The van der Waals surface area contributed by atoms with Crippen LogP contribution in [0.1, 0.15) is 21.6 Å². The summed E-state index contributed by atoms with van der Waals surface area (Å²) in [5, 5.41) is 7.77. The van der Waals surface area contributed by atoms with Crippen LogP contribution in [-0.2, 0) is 6.42 Å². The van der Waals surface area contributed by atoms with E-state index in [4.69, 9.17) is 0 Å². The minimum Gasteiger partial charge on any atom is -0.336 e. The average Bonchev–Trinajstić information content (AvgIpc) is 2.61. The van der Waals surface area contributed by atoms with Crippen LogP contribution in [0.2, 0.25) is 0 Å². The lowest BCUT2D eigenvalue weighted by atomic mass is 10.1.